The Morgan fingerprint density at radius 3 is 1.08 bits per heavy atom. The summed E-state index contributed by atoms with van der Waals surface area (Å²) < 4.78 is 0. The molecule has 0 atom stereocenters. The highest BCUT2D eigenvalue weighted by molar-refractivity contribution is 6.83. The molecule has 13 heavy (non-hydrogen) atoms. The molecule has 1 heteroatoms. The second-order valence-corrected chi connectivity index (χ2v) is 9.74. The molecule has 0 aliphatic carbocycles. The molecule has 2 aliphatic rings. The molecule has 0 saturated heterocycles. The van der Waals surface area contributed by atoms with E-state index < -0.39 is 8.07 Å². The predicted octanol–water partition coefficient (Wildman–Crippen LogP) is 4.14. The van der Waals surface area contributed by atoms with Gasteiger partial charge in [0.25, 0.3) is 0 Å². The van der Waals surface area contributed by atoms with Gasteiger partial charge in [-0.05, 0) is 51.9 Å². The molecule has 2 rings (SSSR count). The molecule has 0 aromatic rings. The smallest absolute Gasteiger partial charge is 0.0696 e. The van der Waals surface area contributed by atoms with Crippen LogP contribution >= 0.6 is 0 Å². The summed E-state index contributed by atoms with van der Waals surface area (Å²) >= 11 is 0. The lowest BCUT2D eigenvalue weighted by Gasteiger charge is -2.21. The first-order valence-electron chi connectivity index (χ1n) is 5.33. The van der Waals surface area contributed by atoms with Crippen LogP contribution in [0.3, 0.4) is 0 Å². The molecule has 0 N–H and O–H groups in total. The molecule has 0 aromatic carbocycles. The predicted molar refractivity (Wildman–Crippen MR) is 61.7 cm³/mol. The van der Waals surface area contributed by atoms with Gasteiger partial charge in [0, 0.05) is 0 Å². The minimum atomic E-state index is -0.870. The fourth-order valence-electron chi connectivity index (χ4n) is 3.23. The maximum absolute atomic E-state index is 2.35. The number of hydrogen-bond donors (Lipinski definition) is 0. The Morgan fingerprint density at radius 1 is 0.615 bits per heavy atom. The number of allylic oxidation sites excluding steroid dienone is 4. The SMILES string of the molecule is CC1=C(C)C[Si]2(C1)CC(C)=C(C)C2. The molecular weight excluding hydrogens is 172 g/mol. The summed E-state index contributed by atoms with van der Waals surface area (Å²) in [5, 5.41) is 0. The summed E-state index contributed by atoms with van der Waals surface area (Å²) in [7, 11) is -0.870. The largest absolute Gasteiger partial charge is 0.0773 e. The fourth-order valence-corrected chi connectivity index (χ4v) is 9.69. The van der Waals surface area contributed by atoms with Crippen molar-refractivity contribution in [3.05, 3.63) is 22.3 Å². The van der Waals surface area contributed by atoms with Crippen molar-refractivity contribution in [3.8, 4) is 0 Å². The van der Waals surface area contributed by atoms with Gasteiger partial charge in [0.05, 0.1) is 8.07 Å². The Labute approximate surface area is 82.7 Å². The van der Waals surface area contributed by atoms with Gasteiger partial charge in [-0.2, -0.15) is 0 Å². The maximum atomic E-state index is 2.35. The van der Waals surface area contributed by atoms with E-state index in [2.05, 4.69) is 27.7 Å². The van der Waals surface area contributed by atoms with Gasteiger partial charge in [-0.3, -0.25) is 0 Å². The van der Waals surface area contributed by atoms with E-state index in [9.17, 15) is 0 Å². The Bertz CT molecular complexity index is 244. The second kappa shape index (κ2) is 2.84. The second-order valence-electron chi connectivity index (χ2n) is 5.33. The molecule has 0 saturated carbocycles. The molecule has 72 valence electrons. The highest BCUT2D eigenvalue weighted by Crippen LogP contribution is 2.48. The van der Waals surface area contributed by atoms with Crippen molar-refractivity contribution in [1.29, 1.82) is 0 Å². The van der Waals surface area contributed by atoms with Crippen molar-refractivity contribution in [2.45, 2.75) is 51.9 Å². The van der Waals surface area contributed by atoms with Crippen LogP contribution in [0.5, 0.6) is 0 Å². The Hall–Kier alpha value is -0.303. The molecule has 2 aliphatic heterocycles. The highest BCUT2D eigenvalue weighted by atomic mass is 28.3. The summed E-state index contributed by atoms with van der Waals surface area (Å²) in [6.45, 7) is 9.39. The minimum absolute atomic E-state index is 0.870. The lowest BCUT2D eigenvalue weighted by Crippen LogP contribution is -2.27. The van der Waals surface area contributed by atoms with Crippen LogP contribution in [-0.4, -0.2) is 8.07 Å². The summed E-state index contributed by atoms with van der Waals surface area (Å²) in [4.78, 5) is 0. The van der Waals surface area contributed by atoms with Gasteiger partial charge in [0.1, 0.15) is 0 Å². The monoisotopic (exact) mass is 192 g/mol. The lowest BCUT2D eigenvalue weighted by molar-refractivity contribution is 1.28. The van der Waals surface area contributed by atoms with Crippen LogP contribution in [0.2, 0.25) is 24.2 Å². The topological polar surface area (TPSA) is 0 Å². The van der Waals surface area contributed by atoms with Crippen LogP contribution in [0.4, 0.5) is 0 Å². The first-order chi connectivity index (χ1) is 6.02. The van der Waals surface area contributed by atoms with Gasteiger partial charge in [-0.1, -0.05) is 22.3 Å². The molecule has 0 bridgehead atoms. The van der Waals surface area contributed by atoms with E-state index in [-0.39, 0.29) is 0 Å². The van der Waals surface area contributed by atoms with Gasteiger partial charge in [-0.25, -0.2) is 0 Å². The third-order valence-electron chi connectivity index (χ3n) is 4.02. The average Bonchev–Trinajstić information content (AvgIpc) is 2.39. The fraction of sp³-hybridized carbons (Fsp3) is 0.667. The van der Waals surface area contributed by atoms with Crippen LogP contribution in [0.15, 0.2) is 22.3 Å². The van der Waals surface area contributed by atoms with E-state index in [1.54, 1.807) is 22.3 Å². The van der Waals surface area contributed by atoms with Crippen LogP contribution in [0.1, 0.15) is 27.7 Å². The molecule has 0 unspecified atom stereocenters. The van der Waals surface area contributed by atoms with E-state index in [1.165, 1.54) is 24.2 Å². The summed E-state index contributed by atoms with van der Waals surface area (Å²) in [6, 6.07) is 5.97. The first-order valence-corrected chi connectivity index (χ1v) is 8.16. The van der Waals surface area contributed by atoms with Crippen molar-refractivity contribution in [3.63, 3.8) is 0 Å². The first kappa shape index (κ1) is 9.26. The quantitative estimate of drug-likeness (QED) is 0.400. The zero-order chi connectivity index (χ0) is 9.64. The maximum Gasteiger partial charge on any atom is 0.0696 e. The third kappa shape index (κ3) is 1.43. The van der Waals surface area contributed by atoms with E-state index in [0.717, 1.165) is 0 Å². The van der Waals surface area contributed by atoms with Crippen molar-refractivity contribution in [2.75, 3.05) is 0 Å². The molecule has 0 amide bonds. The van der Waals surface area contributed by atoms with Crippen LogP contribution < -0.4 is 0 Å². The van der Waals surface area contributed by atoms with Crippen molar-refractivity contribution in [1.82, 2.24) is 0 Å². The molecule has 1 spiro atoms. The Kier molecular flexibility index (Phi) is 2.03. The van der Waals surface area contributed by atoms with Gasteiger partial charge in [-0.15, -0.1) is 0 Å². The average molecular weight is 192 g/mol. The Morgan fingerprint density at radius 2 is 0.846 bits per heavy atom. The molecule has 0 aromatic heterocycles. The number of hydrogen-bond acceptors (Lipinski definition) is 0. The molecule has 2 heterocycles. The zero-order valence-corrected chi connectivity index (χ0v) is 10.3. The third-order valence-corrected chi connectivity index (χ3v) is 9.14. The molecule has 0 fully saturated rings. The van der Waals surface area contributed by atoms with Crippen LogP contribution in [-0.2, 0) is 0 Å². The lowest BCUT2D eigenvalue weighted by atomic mass is 10.2. The summed E-state index contributed by atoms with van der Waals surface area (Å²) in [5.41, 5.74) is 6.87. The molecule has 0 nitrogen and oxygen atoms in total. The van der Waals surface area contributed by atoms with Crippen LogP contribution in [0, 0.1) is 0 Å². The standard InChI is InChI=1S/C12H20Si/c1-9-5-13(6-10(9)2)7-11(3)12(4)8-13/h5-8H2,1-4H3. The van der Waals surface area contributed by atoms with Crippen LogP contribution in [0.25, 0.3) is 0 Å². The number of rotatable bonds is 0. The summed E-state index contributed by atoms with van der Waals surface area (Å²) in [6.07, 6.45) is 0. The van der Waals surface area contributed by atoms with Gasteiger partial charge >= 0.3 is 0 Å². The van der Waals surface area contributed by atoms with Gasteiger partial charge < -0.3 is 0 Å². The van der Waals surface area contributed by atoms with Gasteiger partial charge in [0.15, 0.2) is 0 Å². The van der Waals surface area contributed by atoms with E-state index in [4.69, 9.17) is 0 Å². The van der Waals surface area contributed by atoms with E-state index >= 15 is 0 Å². The zero-order valence-electron chi connectivity index (χ0n) is 9.33. The van der Waals surface area contributed by atoms with Crippen molar-refractivity contribution in [2.24, 2.45) is 0 Å². The normalized spacial score (nSPS) is 26.8. The van der Waals surface area contributed by atoms with Crippen molar-refractivity contribution >= 4 is 8.07 Å². The van der Waals surface area contributed by atoms with Gasteiger partial charge in [0.2, 0.25) is 0 Å². The molecule has 0 radical (unpaired) electrons. The highest BCUT2D eigenvalue weighted by Gasteiger charge is 2.41. The minimum Gasteiger partial charge on any atom is -0.0773 e. The van der Waals surface area contributed by atoms with Crippen molar-refractivity contribution < 1.29 is 0 Å². The summed E-state index contributed by atoms with van der Waals surface area (Å²) in [5.74, 6) is 0. The molecular formula is C12H20Si. The van der Waals surface area contributed by atoms with E-state index in [1.807, 2.05) is 0 Å². The van der Waals surface area contributed by atoms with E-state index in [0.29, 0.717) is 0 Å². The Balaban J connectivity index is 2.16.